The van der Waals surface area contributed by atoms with Crippen LogP contribution in [0.15, 0.2) is 17.1 Å². The lowest BCUT2D eigenvalue weighted by molar-refractivity contribution is -0.124. The molecule has 0 radical (unpaired) electrons. The summed E-state index contributed by atoms with van der Waals surface area (Å²) in [5.41, 5.74) is 0.649. The molecule has 3 heterocycles. The van der Waals surface area contributed by atoms with Crippen molar-refractivity contribution < 1.29 is 9.53 Å². The van der Waals surface area contributed by atoms with Crippen LogP contribution in [0, 0.1) is 5.92 Å². The first-order valence-corrected chi connectivity index (χ1v) is 9.98. The van der Waals surface area contributed by atoms with Gasteiger partial charge in [0.2, 0.25) is 5.91 Å². The van der Waals surface area contributed by atoms with Crippen LogP contribution in [0.25, 0.3) is 0 Å². The molecule has 2 saturated heterocycles. The molecule has 1 N–H and O–H groups in total. The van der Waals surface area contributed by atoms with E-state index in [0.29, 0.717) is 26.2 Å². The summed E-state index contributed by atoms with van der Waals surface area (Å²) in [4.78, 5) is 29.1. The van der Waals surface area contributed by atoms with Gasteiger partial charge < -0.3 is 19.9 Å². The van der Waals surface area contributed by atoms with Crippen LogP contribution in [-0.2, 0) is 16.1 Å². The number of carbonyl (C=O) groups is 1. The van der Waals surface area contributed by atoms with Crippen molar-refractivity contribution in [2.75, 3.05) is 57.9 Å². The summed E-state index contributed by atoms with van der Waals surface area (Å²) in [5.74, 6) is 0.0955. The van der Waals surface area contributed by atoms with Gasteiger partial charge in [-0.1, -0.05) is 6.42 Å². The van der Waals surface area contributed by atoms with Crippen molar-refractivity contribution in [3.8, 4) is 0 Å². The van der Waals surface area contributed by atoms with Gasteiger partial charge in [0.15, 0.2) is 0 Å². The molecule has 2 aliphatic rings. The molecule has 1 amide bonds. The van der Waals surface area contributed by atoms with Gasteiger partial charge in [0.1, 0.15) is 0 Å². The molecule has 1 aromatic rings. The molecule has 8 nitrogen and oxygen atoms in total. The predicted octanol–water partition coefficient (Wildman–Crippen LogP) is 0.318. The van der Waals surface area contributed by atoms with Gasteiger partial charge in [-0.25, -0.2) is 4.68 Å². The van der Waals surface area contributed by atoms with Crippen LogP contribution in [-0.4, -0.2) is 73.6 Å². The van der Waals surface area contributed by atoms with E-state index < -0.39 is 0 Å². The highest BCUT2D eigenvalue weighted by Crippen LogP contribution is 2.22. The number of rotatable bonds is 8. The second-order valence-electron chi connectivity index (χ2n) is 7.39. The van der Waals surface area contributed by atoms with Crippen LogP contribution in [0.3, 0.4) is 0 Å². The molecule has 1 atom stereocenters. The van der Waals surface area contributed by atoms with E-state index in [-0.39, 0.29) is 17.4 Å². The Kier molecular flexibility index (Phi) is 7.23. The average Bonchev–Trinajstić information content (AvgIpc) is 3.18. The number of amides is 1. The predicted molar refractivity (Wildman–Crippen MR) is 104 cm³/mol. The molecule has 2 fully saturated rings. The number of likely N-dealkylation sites (tertiary alicyclic amines) is 1. The first-order valence-electron chi connectivity index (χ1n) is 9.98. The maximum atomic E-state index is 12.5. The fourth-order valence-corrected chi connectivity index (χ4v) is 3.82. The van der Waals surface area contributed by atoms with Gasteiger partial charge >= 0.3 is 0 Å². The minimum atomic E-state index is -0.140. The maximum Gasteiger partial charge on any atom is 0.268 e. The van der Waals surface area contributed by atoms with Crippen LogP contribution in [0.2, 0.25) is 0 Å². The molecular weight excluding hydrogens is 346 g/mol. The summed E-state index contributed by atoms with van der Waals surface area (Å²) in [6, 6.07) is 1.60. The van der Waals surface area contributed by atoms with Crippen molar-refractivity contribution in [1.82, 2.24) is 20.0 Å². The Hall–Kier alpha value is -1.93. The number of nitrogens with zero attached hydrogens (tertiary/aromatic N) is 4. The number of nitrogens with one attached hydrogen (secondary N) is 1. The van der Waals surface area contributed by atoms with Gasteiger partial charge in [-0.15, -0.1) is 0 Å². The molecule has 0 saturated carbocycles. The molecule has 150 valence electrons. The topological polar surface area (TPSA) is 79.7 Å². The van der Waals surface area contributed by atoms with Gasteiger partial charge in [-0.3, -0.25) is 9.59 Å². The van der Waals surface area contributed by atoms with E-state index in [1.807, 2.05) is 0 Å². The highest BCUT2D eigenvalue weighted by atomic mass is 16.5. The Bertz CT molecular complexity index is 672. The van der Waals surface area contributed by atoms with Crippen LogP contribution in [0.5, 0.6) is 0 Å². The zero-order valence-corrected chi connectivity index (χ0v) is 16.2. The molecule has 0 aromatic carbocycles. The zero-order valence-electron chi connectivity index (χ0n) is 16.2. The quantitative estimate of drug-likeness (QED) is 0.703. The van der Waals surface area contributed by atoms with Crippen molar-refractivity contribution in [2.45, 2.75) is 32.2 Å². The van der Waals surface area contributed by atoms with E-state index in [2.05, 4.69) is 20.2 Å². The first-order chi connectivity index (χ1) is 13.2. The van der Waals surface area contributed by atoms with Crippen LogP contribution in [0.4, 0.5) is 5.69 Å². The fraction of sp³-hybridized carbons (Fsp3) is 0.737. The molecular formula is C19H31N5O3. The summed E-state index contributed by atoms with van der Waals surface area (Å²) < 4.78 is 6.38. The Balaban J connectivity index is 1.45. The number of methoxy groups -OCH3 is 1. The molecule has 27 heavy (non-hydrogen) atoms. The van der Waals surface area contributed by atoms with Gasteiger partial charge in [-0.2, -0.15) is 5.10 Å². The molecule has 8 heteroatoms. The van der Waals surface area contributed by atoms with Crippen molar-refractivity contribution in [2.24, 2.45) is 5.92 Å². The van der Waals surface area contributed by atoms with Gasteiger partial charge in [0.25, 0.3) is 5.56 Å². The van der Waals surface area contributed by atoms with E-state index >= 15 is 0 Å². The molecule has 2 aliphatic heterocycles. The highest BCUT2D eigenvalue weighted by molar-refractivity contribution is 5.80. The molecule has 3 rings (SSSR count). The third-order valence-corrected chi connectivity index (χ3v) is 5.46. The Labute approximate surface area is 160 Å². The lowest BCUT2D eigenvalue weighted by atomic mass is 10.1. The summed E-state index contributed by atoms with van der Waals surface area (Å²) in [7, 11) is 1.60. The average molecular weight is 377 g/mol. The molecule has 1 aromatic heterocycles. The number of aromatic nitrogens is 2. The second-order valence-corrected chi connectivity index (χ2v) is 7.39. The number of ether oxygens (including phenoxy) is 1. The third kappa shape index (κ3) is 5.52. The summed E-state index contributed by atoms with van der Waals surface area (Å²) >= 11 is 0. The first kappa shape index (κ1) is 19.8. The largest absolute Gasteiger partial charge is 0.383 e. The number of anilines is 1. The van der Waals surface area contributed by atoms with Crippen molar-refractivity contribution >= 4 is 11.6 Å². The van der Waals surface area contributed by atoms with E-state index in [4.69, 9.17) is 4.74 Å². The normalized spacial score (nSPS) is 20.8. The fourth-order valence-electron chi connectivity index (χ4n) is 3.82. The van der Waals surface area contributed by atoms with Crippen molar-refractivity contribution in [1.29, 1.82) is 0 Å². The molecule has 1 unspecified atom stereocenters. The number of piperidine rings is 1. The summed E-state index contributed by atoms with van der Waals surface area (Å²) in [6.07, 6.45) is 6.37. The summed E-state index contributed by atoms with van der Waals surface area (Å²) in [6.45, 7) is 6.25. The van der Waals surface area contributed by atoms with Gasteiger partial charge in [0, 0.05) is 39.4 Å². The van der Waals surface area contributed by atoms with E-state index in [1.165, 1.54) is 23.9 Å². The van der Waals surface area contributed by atoms with Gasteiger partial charge in [-0.05, 0) is 32.4 Å². The second kappa shape index (κ2) is 9.85. The minimum absolute atomic E-state index is 0.0257. The number of hydrogen-bond donors (Lipinski definition) is 1. The molecule has 0 bridgehead atoms. The molecule has 0 spiro atoms. The van der Waals surface area contributed by atoms with Crippen LogP contribution in [0.1, 0.15) is 25.7 Å². The number of hydrogen-bond acceptors (Lipinski definition) is 6. The molecule has 0 aliphatic carbocycles. The Morgan fingerprint density at radius 3 is 2.81 bits per heavy atom. The van der Waals surface area contributed by atoms with Crippen LogP contribution >= 0.6 is 0 Å². The lowest BCUT2D eigenvalue weighted by Gasteiger charge is -2.26. The standard InChI is InChI=1S/C19H31N5O3/c1-27-12-11-24-18(25)13-17(14-21-24)23-9-5-16(15-23)19(26)20-6-10-22-7-3-2-4-8-22/h13-14,16H,2-12,15H2,1H3,(H,20,26). The SMILES string of the molecule is COCCn1ncc(N2CCC(C(=O)NCCN3CCCCC3)C2)cc1=O. The number of carbonyl (C=O) groups excluding carboxylic acids is 1. The smallest absolute Gasteiger partial charge is 0.268 e. The van der Waals surface area contributed by atoms with Crippen LogP contribution < -0.4 is 15.8 Å². The van der Waals surface area contributed by atoms with Gasteiger partial charge in [0.05, 0.1) is 31.0 Å². The summed E-state index contributed by atoms with van der Waals surface area (Å²) in [5, 5.41) is 7.29. The zero-order chi connectivity index (χ0) is 19.1. The Morgan fingerprint density at radius 1 is 1.26 bits per heavy atom. The van der Waals surface area contributed by atoms with E-state index in [9.17, 15) is 9.59 Å². The monoisotopic (exact) mass is 377 g/mol. The minimum Gasteiger partial charge on any atom is -0.383 e. The lowest BCUT2D eigenvalue weighted by Crippen LogP contribution is -2.40. The Morgan fingerprint density at radius 2 is 2.07 bits per heavy atom. The maximum absolute atomic E-state index is 12.5. The third-order valence-electron chi connectivity index (χ3n) is 5.46. The van der Waals surface area contributed by atoms with Crippen molar-refractivity contribution in [3.05, 3.63) is 22.6 Å². The van der Waals surface area contributed by atoms with Crippen molar-refractivity contribution in [3.63, 3.8) is 0 Å². The van der Waals surface area contributed by atoms with E-state index in [1.54, 1.807) is 19.4 Å². The van der Waals surface area contributed by atoms with E-state index in [0.717, 1.165) is 38.3 Å². The highest BCUT2D eigenvalue weighted by Gasteiger charge is 2.28.